The minimum Gasteiger partial charge on any atom is -0.389 e. The molecule has 0 unspecified atom stereocenters. The van der Waals surface area contributed by atoms with Crippen molar-refractivity contribution in [2.75, 3.05) is 0 Å². The number of aliphatic hydroxyl groups is 1. The Bertz CT molecular complexity index is 428. The lowest BCUT2D eigenvalue weighted by Crippen LogP contribution is -2.34. The van der Waals surface area contributed by atoms with Gasteiger partial charge in [0.2, 0.25) is 5.91 Å². The monoisotopic (exact) mass is 267 g/mol. The van der Waals surface area contributed by atoms with Crippen LogP contribution in [0.5, 0.6) is 0 Å². The first-order valence-electron chi connectivity index (χ1n) is 6.32. The highest BCUT2D eigenvalue weighted by Gasteiger charge is 2.33. The van der Waals surface area contributed by atoms with Crippen LogP contribution in [-0.4, -0.2) is 16.6 Å². The van der Waals surface area contributed by atoms with Crippen molar-refractivity contribution < 1.29 is 9.90 Å². The largest absolute Gasteiger partial charge is 0.389 e. The van der Waals surface area contributed by atoms with Crippen molar-refractivity contribution in [3.8, 4) is 0 Å². The first kappa shape index (κ1) is 13.4. The Morgan fingerprint density at radius 2 is 2.00 bits per heavy atom. The average Bonchev–Trinajstić information content (AvgIpc) is 2.74. The molecule has 2 rings (SSSR count). The number of rotatable bonds is 4. The molecule has 0 heterocycles. The summed E-state index contributed by atoms with van der Waals surface area (Å²) >= 11 is 6.00. The van der Waals surface area contributed by atoms with Crippen molar-refractivity contribution in [1.82, 2.24) is 5.32 Å². The summed E-state index contributed by atoms with van der Waals surface area (Å²) in [6.45, 7) is 0.411. The number of halogens is 1. The maximum atomic E-state index is 11.8. The maximum Gasteiger partial charge on any atom is 0.223 e. The Hall–Kier alpha value is -1.06. The average molecular weight is 268 g/mol. The summed E-state index contributed by atoms with van der Waals surface area (Å²) in [7, 11) is 0. The lowest BCUT2D eigenvalue weighted by atomic mass is 9.97. The van der Waals surface area contributed by atoms with Gasteiger partial charge in [0.05, 0.1) is 12.0 Å². The van der Waals surface area contributed by atoms with Crippen LogP contribution in [0.3, 0.4) is 0 Å². The quantitative estimate of drug-likeness (QED) is 0.881. The van der Waals surface area contributed by atoms with Crippen molar-refractivity contribution in [3.63, 3.8) is 0 Å². The van der Waals surface area contributed by atoms with Gasteiger partial charge in [0.15, 0.2) is 0 Å². The second-order valence-corrected chi connectivity index (χ2v) is 5.38. The smallest absolute Gasteiger partial charge is 0.223 e. The number of carbonyl (C=O) groups is 1. The van der Waals surface area contributed by atoms with E-state index in [1.165, 1.54) is 0 Å². The zero-order valence-corrected chi connectivity index (χ0v) is 11.0. The molecule has 0 spiro atoms. The number of hydrogen-bond acceptors (Lipinski definition) is 2. The molecule has 4 heteroatoms. The molecule has 18 heavy (non-hydrogen) atoms. The molecule has 0 atom stereocenters. The fourth-order valence-corrected chi connectivity index (χ4v) is 2.61. The Kier molecular flexibility index (Phi) is 4.25. The molecule has 0 saturated heterocycles. The Labute approximate surface area is 112 Å². The van der Waals surface area contributed by atoms with Crippen molar-refractivity contribution >= 4 is 17.5 Å². The summed E-state index contributed by atoms with van der Waals surface area (Å²) < 4.78 is 0. The molecule has 0 bridgehead atoms. The SMILES string of the molecule is O=C(CC1(O)CCCC1)NCc1ccccc1Cl. The number of benzene rings is 1. The van der Waals surface area contributed by atoms with Gasteiger partial charge in [-0.05, 0) is 24.5 Å². The lowest BCUT2D eigenvalue weighted by Gasteiger charge is -2.21. The maximum absolute atomic E-state index is 11.8. The summed E-state index contributed by atoms with van der Waals surface area (Å²) in [4.78, 5) is 11.8. The van der Waals surface area contributed by atoms with Gasteiger partial charge >= 0.3 is 0 Å². The third kappa shape index (κ3) is 3.47. The Morgan fingerprint density at radius 3 is 2.67 bits per heavy atom. The van der Waals surface area contributed by atoms with Gasteiger partial charge in [-0.2, -0.15) is 0 Å². The summed E-state index contributed by atoms with van der Waals surface area (Å²) in [5, 5.41) is 13.6. The third-order valence-corrected chi connectivity index (χ3v) is 3.83. The molecule has 1 fully saturated rings. The molecule has 3 nitrogen and oxygen atoms in total. The summed E-state index contributed by atoms with van der Waals surface area (Å²) in [6, 6.07) is 7.42. The molecule has 1 amide bonds. The van der Waals surface area contributed by atoms with E-state index in [2.05, 4.69) is 5.32 Å². The number of hydrogen-bond donors (Lipinski definition) is 2. The minimum absolute atomic E-state index is 0.112. The first-order chi connectivity index (χ1) is 8.59. The predicted octanol–water partition coefficient (Wildman–Crippen LogP) is 2.65. The van der Waals surface area contributed by atoms with E-state index in [4.69, 9.17) is 11.6 Å². The molecule has 1 aliphatic rings. The van der Waals surface area contributed by atoms with Gasteiger partial charge in [0, 0.05) is 11.6 Å². The van der Waals surface area contributed by atoms with Gasteiger partial charge in [0.1, 0.15) is 0 Å². The highest BCUT2D eigenvalue weighted by atomic mass is 35.5. The summed E-state index contributed by atoms with van der Waals surface area (Å²) in [6.07, 6.45) is 3.67. The van der Waals surface area contributed by atoms with Crippen LogP contribution in [0.4, 0.5) is 0 Å². The van der Waals surface area contributed by atoms with Crippen molar-refractivity contribution in [1.29, 1.82) is 0 Å². The van der Waals surface area contributed by atoms with Gasteiger partial charge in [-0.25, -0.2) is 0 Å². The van der Waals surface area contributed by atoms with E-state index < -0.39 is 5.60 Å². The number of carbonyl (C=O) groups excluding carboxylic acids is 1. The molecular weight excluding hydrogens is 250 g/mol. The zero-order valence-electron chi connectivity index (χ0n) is 10.3. The normalized spacial score (nSPS) is 17.7. The third-order valence-electron chi connectivity index (χ3n) is 3.46. The molecule has 0 aliphatic heterocycles. The fourth-order valence-electron chi connectivity index (χ4n) is 2.41. The predicted molar refractivity (Wildman–Crippen MR) is 71.3 cm³/mol. The Balaban J connectivity index is 1.83. The summed E-state index contributed by atoms with van der Waals surface area (Å²) in [5.74, 6) is -0.112. The van der Waals surface area contributed by atoms with Crippen LogP contribution >= 0.6 is 11.6 Å². The minimum atomic E-state index is -0.787. The van der Waals surface area contributed by atoms with Crippen molar-refractivity contribution in [2.45, 2.75) is 44.2 Å². The van der Waals surface area contributed by atoms with Crippen molar-refractivity contribution in [2.24, 2.45) is 0 Å². The molecule has 2 N–H and O–H groups in total. The second kappa shape index (κ2) is 5.72. The van der Waals surface area contributed by atoms with Crippen LogP contribution in [-0.2, 0) is 11.3 Å². The fraction of sp³-hybridized carbons (Fsp3) is 0.500. The Morgan fingerprint density at radius 1 is 1.33 bits per heavy atom. The van der Waals surface area contributed by atoms with E-state index in [9.17, 15) is 9.90 Å². The molecule has 98 valence electrons. The zero-order chi connectivity index (χ0) is 13.0. The number of nitrogens with one attached hydrogen (secondary N) is 1. The van der Waals surface area contributed by atoms with E-state index in [-0.39, 0.29) is 12.3 Å². The van der Waals surface area contributed by atoms with Crippen LogP contribution in [0.25, 0.3) is 0 Å². The number of amides is 1. The lowest BCUT2D eigenvalue weighted by molar-refractivity contribution is -0.126. The molecule has 0 aromatic heterocycles. The van der Waals surface area contributed by atoms with E-state index in [1.54, 1.807) is 6.07 Å². The molecule has 1 aliphatic carbocycles. The van der Waals surface area contributed by atoms with Gasteiger partial charge in [-0.15, -0.1) is 0 Å². The van der Waals surface area contributed by atoms with E-state index in [1.807, 2.05) is 18.2 Å². The molecule has 0 radical (unpaired) electrons. The standard InChI is InChI=1S/C14H18ClNO2/c15-12-6-2-1-5-11(12)10-16-13(17)9-14(18)7-3-4-8-14/h1-2,5-6,18H,3-4,7-10H2,(H,16,17). The van der Waals surface area contributed by atoms with Crippen LogP contribution in [0.1, 0.15) is 37.7 Å². The molecule has 1 saturated carbocycles. The first-order valence-corrected chi connectivity index (χ1v) is 6.69. The molecule has 1 aromatic rings. The van der Waals surface area contributed by atoms with Gasteiger partial charge in [0.25, 0.3) is 0 Å². The highest BCUT2D eigenvalue weighted by Crippen LogP contribution is 2.32. The van der Waals surface area contributed by atoms with Crippen LogP contribution in [0.15, 0.2) is 24.3 Å². The van der Waals surface area contributed by atoms with Crippen molar-refractivity contribution in [3.05, 3.63) is 34.9 Å². The van der Waals surface area contributed by atoms with Gasteiger partial charge < -0.3 is 10.4 Å². The van der Waals surface area contributed by atoms with Crippen LogP contribution in [0.2, 0.25) is 5.02 Å². The van der Waals surface area contributed by atoms with Gasteiger partial charge in [-0.3, -0.25) is 4.79 Å². The van der Waals surface area contributed by atoms with Crippen LogP contribution in [0, 0.1) is 0 Å². The summed E-state index contributed by atoms with van der Waals surface area (Å²) in [5.41, 5.74) is 0.107. The second-order valence-electron chi connectivity index (χ2n) is 4.98. The van der Waals surface area contributed by atoms with E-state index in [0.717, 1.165) is 31.2 Å². The molecule has 1 aromatic carbocycles. The molecular formula is C14H18ClNO2. The highest BCUT2D eigenvalue weighted by molar-refractivity contribution is 6.31. The van der Waals surface area contributed by atoms with Crippen LogP contribution < -0.4 is 5.32 Å². The van der Waals surface area contributed by atoms with E-state index >= 15 is 0 Å². The van der Waals surface area contributed by atoms with E-state index in [0.29, 0.717) is 11.6 Å². The topological polar surface area (TPSA) is 49.3 Å². The van der Waals surface area contributed by atoms with Gasteiger partial charge in [-0.1, -0.05) is 42.6 Å².